The summed E-state index contributed by atoms with van der Waals surface area (Å²) in [5, 5.41) is 1.87. The van der Waals surface area contributed by atoms with E-state index in [1.54, 1.807) is 18.2 Å². The van der Waals surface area contributed by atoms with Gasteiger partial charge in [0.15, 0.2) is 5.78 Å². The van der Waals surface area contributed by atoms with Gasteiger partial charge in [-0.25, -0.2) is 19.2 Å². The van der Waals surface area contributed by atoms with Crippen LogP contribution in [0.25, 0.3) is 0 Å². The van der Waals surface area contributed by atoms with Crippen molar-refractivity contribution in [3.8, 4) is 5.75 Å². The molecule has 0 aromatic heterocycles. The van der Waals surface area contributed by atoms with Crippen LogP contribution in [0.4, 0.5) is 19.2 Å². The van der Waals surface area contributed by atoms with Gasteiger partial charge in [-0.05, 0) is 51.3 Å². The van der Waals surface area contributed by atoms with E-state index in [1.807, 2.05) is 13.8 Å². The Kier molecular flexibility index (Phi) is 9.22. The fourth-order valence-electron chi connectivity index (χ4n) is 3.79. The maximum absolute atomic E-state index is 13.9. The molecule has 0 fully saturated rings. The zero-order valence-electron chi connectivity index (χ0n) is 22.7. The number of nitrogens with zero attached hydrogens (tertiary/aromatic N) is 4. The predicted molar refractivity (Wildman–Crippen MR) is 133 cm³/mol. The molecule has 2 aliphatic heterocycles. The number of fused-ring (bicyclic) bond motifs is 2. The molecule has 1 aromatic carbocycles. The number of carbonyl (C=O) groups is 5. The van der Waals surface area contributed by atoms with Gasteiger partial charge in [0.25, 0.3) is 0 Å². The van der Waals surface area contributed by atoms with Crippen LogP contribution in [0, 0.1) is 0 Å². The molecule has 212 valence electrons. The Balaban J connectivity index is 2.34. The van der Waals surface area contributed by atoms with Crippen LogP contribution >= 0.6 is 0 Å². The van der Waals surface area contributed by atoms with E-state index < -0.39 is 36.4 Å². The van der Waals surface area contributed by atoms with E-state index >= 15 is 0 Å². The van der Waals surface area contributed by atoms with Crippen molar-refractivity contribution in [1.82, 2.24) is 20.3 Å². The molecular formula is C25H32N4O10. The summed E-state index contributed by atoms with van der Waals surface area (Å²) in [7, 11) is 0. The van der Waals surface area contributed by atoms with Crippen molar-refractivity contribution in [2.24, 2.45) is 0 Å². The van der Waals surface area contributed by atoms with Crippen molar-refractivity contribution < 1.29 is 47.7 Å². The highest BCUT2D eigenvalue weighted by Crippen LogP contribution is 2.37. The van der Waals surface area contributed by atoms with Crippen LogP contribution in [-0.4, -0.2) is 83.1 Å². The molecule has 0 N–H and O–H groups in total. The molecule has 39 heavy (non-hydrogen) atoms. The number of amides is 4. The second-order valence-corrected chi connectivity index (χ2v) is 8.36. The lowest BCUT2D eigenvalue weighted by atomic mass is 9.93. The molecule has 0 radical (unpaired) electrons. The van der Waals surface area contributed by atoms with E-state index in [2.05, 4.69) is 0 Å². The molecular weight excluding hydrogens is 516 g/mol. The number of ether oxygens (including phenoxy) is 5. The molecule has 0 saturated heterocycles. The van der Waals surface area contributed by atoms with Gasteiger partial charge in [0, 0.05) is 6.20 Å². The van der Waals surface area contributed by atoms with Crippen LogP contribution in [0.15, 0.2) is 30.0 Å². The molecule has 0 bridgehead atoms. The van der Waals surface area contributed by atoms with Crippen LogP contribution in [-0.2, 0) is 18.9 Å². The highest BCUT2D eigenvalue weighted by Gasteiger charge is 2.53. The first kappa shape index (κ1) is 29.1. The molecule has 1 atom stereocenters. The van der Waals surface area contributed by atoms with Gasteiger partial charge in [0.1, 0.15) is 5.75 Å². The topological polar surface area (TPSA) is 144 Å². The maximum atomic E-state index is 13.9. The van der Waals surface area contributed by atoms with Gasteiger partial charge in [-0.1, -0.05) is 30.1 Å². The van der Waals surface area contributed by atoms with Gasteiger partial charge in [-0.2, -0.15) is 5.01 Å². The van der Waals surface area contributed by atoms with Crippen LogP contribution in [0.3, 0.4) is 0 Å². The minimum Gasteiger partial charge on any atom is -0.463 e. The number of benzene rings is 1. The van der Waals surface area contributed by atoms with Gasteiger partial charge in [-0.3, -0.25) is 4.79 Å². The van der Waals surface area contributed by atoms with E-state index in [1.165, 1.54) is 27.7 Å². The molecule has 14 nitrogen and oxygen atoms in total. The lowest BCUT2D eigenvalue weighted by molar-refractivity contribution is -0.213. The summed E-state index contributed by atoms with van der Waals surface area (Å²) < 4.78 is 26.5. The number of hydrogen-bond acceptors (Lipinski definition) is 10. The third-order valence-corrected chi connectivity index (χ3v) is 5.52. The zero-order valence-corrected chi connectivity index (χ0v) is 22.7. The van der Waals surface area contributed by atoms with Crippen molar-refractivity contribution in [2.45, 2.75) is 53.7 Å². The molecule has 4 amide bonds. The Morgan fingerprint density at radius 3 is 1.92 bits per heavy atom. The summed E-state index contributed by atoms with van der Waals surface area (Å²) in [5.74, 6) is -0.437. The highest BCUT2D eigenvalue weighted by molar-refractivity contribution is 6.12. The molecule has 3 rings (SSSR count). The Morgan fingerprint density at radius 1 is 0.821 bits per heavy atom. The Bertz CT molecular complexity index is 1170. The summed E-state index contributed by atoms with van der Waals surface area (Å²) in [6, 6.07) is 4.96. The van der Waals surface area contributed by atoms with Crippen molar-refractivity contribution in [3.05, 3.63) is 41.1 Å². The number of rotatable bonds is 5. The number of carbonyl (C=O) groups excluding carboxylic acids is 5. The average molecular weight is 549 g/mol. The Labute approximate surface area is 225 Å². The van der Waals surface area contributed by atoms with Gasteiger partial charge in [0.2, 0.25) is 6.23 Å². The second-order valence-electron chi connectivity index (χ2n) is 8.36. The van der Waals surface area contributed by atoms with Crippen molar-refractivity contribution in [3.63, 3.8) is 0 Å². The van der Waals surface area contributed by atoms with E-state index in [0.29, 0.717) is 20.3 Å². The summed E-state index contributed by atoms with van der Waals surface area (Å²) >= 11 is 0. The highest BCUT2D eigenvalue weighted by atomic mass is 16.6. The lowest BCUT2D eigenvalue weighted by Crippen LogP contribution is -2.67. The van der Waals surface area contributed by atoms with Crippen LogP contribution < -0.4 is 4.74 Å². The Hall–Kier alpha value is -4.49. The largest absolute Gasteiger partial charge is 0.463 e. The average Bonchev–Trinajstić information content (AvgIpc) is 3.04. The standard InChI is InChI=1S/C25H32N4O10/c1-7-35-22(31)26-14-18-20(30)17-13-16(15(5)6)11-12-19(17)39-21(18)27(23(32)36-8-2)29(25(34)38-10-4)28(26)24(33)37-9-3/h11-15,21H,7-10H2,1-6H3. The lowest BCUT2D eigenvalue weighted by Gasteiger charge is -2.41. The van der Waals surface area contributed by atoms with Gasteiger partial charge < -0.3 is 23.7 Å². The SMILES string of the molecule is CCOC(=O)N1C=C2C(=O)c3cc(C(C)C)ccc3OC2N(C(=O)OCC)N(C(=O)OCC)N1C(=O)OCC. The monoisotopic (exact) mass is 548 g/mol. The van der Waals surface area contributed by atoms with E-state index in [4.69, 9.17) is 23.7 Å². The molecule has 1 aromatic rings. The van der Waals surface area contributed by atoms with E-state index in [0.717, 1.165) is 11.8 Å². The quantitative estimate of drug-likeness (QED) is 0.491. The first-order valence-electron chi connectivity index (χ1n) is 12.5. The van der Waals surface area contributed by atoms with Crippen LogP contribution in [0.1, 0.15) is 63.4 Å². The Morgan fingerprint density at radius 2 is 1.36 bits per heavy atom. The maximum Gasteiger partial charge on any atom is 0.451 e. The number of ketones is 1. The fraction of sp³-hybridized carbons (Fsp3) is 0.480. The minimum absolute atomic E-state index is 0.0783. The molecule has 1 unspecified atom stereocenters. The predicted octanol–water partition coefficient (Wildman–Crippen LogP) is 4.19. The fourth-order valence-corrected chi connectivity index (χ4v) is 3.79. The first-order chi connectivity index (χ1) is 18.6. The zero-order chi connectivity index (χ0) is 28.9. The van der Waals surface area contributed by atoms with Crippen molar-refractivity contribution in [1.29, 1.82) is 0 Å². The van der Waals surface area contributed by atoms with E-state index in [9.17, 15) is 24.0 Å². The molecule has 14 heteroatoms. The van der Waals surface area contributed by atoms with Gasteiger partial charge in [-0.15, -0.1) is 5.01 Å². The van der Waals surface area contributed by atoms with Crippen LogP contribution in [0.5, 0.6) is 5.75 Å². The number of hydrogen-bond donors (Lipinski definition) is 0. The molecule has 2 heterocycles. The second kappa shape index (κ2) is 12.4. The number of hydrazine groups is 3. The van der Waals surface area contributed by atoms with Gasteiger partial charge >= 0.3 is 24.4 Å². The third-order valence-electron chi connectivity index (χ3n) is 5.52. The summed E-state index contributed by atoms with van der Waals surface area (Å²) in [6.07, 6.45) is -5.59. The summed E-state index contributed by atoms with van der Waals surface area (Å²) in [4.78, 5) is 66.8. The normalized spacial score (nSPS) is 16.4. The van der Waals surface area contributed by atoms with Crippen molar-refractivity contribution in [2.75, 3.05) is 26.4 Å². The molecule has 0 spiro atoms. The summed E-state index contributed by atoms with van der Waals surface area (Å²) in [6.45, 7) is 9.33. The van der Waals surface area contributed by atoms with Gasteiger partial charge in [0.05, 0.1) is 37.6 Å². The smallest absolute Gasteiger partial charge is 0.451 e. The number of Topliss-reactive ketones (excluding diaryl/α,β-unsaturated/α-hetero) is 1. The van der Waals surface area contributed by atoms with E-state index in [-0.39, 0.29) is 49.2 Å². The third kappa shape index (κ3) is 5.68. The van der Waals surface area contributed by atoms with Crippen molar-refractivity contribution >= 4 is 30.2 Å². The first-order valence-corrected chi connectivity index (χ1v) is 12.5. The molecule has 0 aliphatic carbocycles. The summed E-state index contributed by atoms with van der Waals surface area (Å²) in [5.41, 5.74) is 0.721. The molecule has 0 saturated carbocycles. The van der Waals surface area contributed by atoms with Crippen LogP contribution in [0.2, 0.25) is 0 Å². The minimum atomic E-state index is -1.66. The molecule has 2 aliphatic rings.